The van der Waals surface area contributed by atoms with Crippen LogP contribution in [0.4, 0.5) is 5.69 Å². The predicted octanol–water partition coefficient (Wildman–Crippen LogP) is 3.22. The van der Waals surface area contributed by atoms with Gasteiger partial charge >= 0.3 is 0 Å². The van der Waals surface area contributed by atoms with Crippen LogP contribution in [0.15, 0.2) is 24.3 Å². The molecule has 2 atom stereocenters. The molecular formula is C18H21NO3. The minimum atomic E-state index is -0.118. The summed E-state index contributed by atoms with van der Waals surface area (Å²) in [6.45, 7) is 1.49. The van der Waals surface area contributed by atoms with Crippen molar-refractivity contribution in [2.24, 2.45) is 17.8 Å². The van der Waals surface area contributed by atoms with Crippen molar-refractivity contribution in [1.29, 1.82) is 0 Å². The Hall–Kier alpha value is -1.97. The van der Waals surface area contributed by atoms with Gasteiger partial charge in [-0.2, -0.15) is 0 Å². The van der Waals surface area contributed by atoms with Gasteiger partial charge in [0.25, 0.3) is 0 Å². The number of ketones is 2. The Labute approximate surface area is 130 Å². The van der Waals surface area contributed by atoms with Crippen LogP contribution in [0, 0.1) is 17.8 Å². The summed E-state index contributed by atoms with van der Waals surface area (Å²) >= 11 is 0. The first-order valence-corrected chi connectivity index (χ1v) is 8.01. The molecule has 2 bridgehead atoms. The zero-order valence-electron chi connectivity index (χ0n) is 12.8. The molecule has 1 amide bonds. The average Bonchev–Trinajstić information content (AvgIpc) is 2.47. The SMILES string of the molecule is CC(=O)c1ccccc1NC(=O)C1CC2CCCC(C1)C2=O. The Bertz CT molecular complexity index is 607. The molecule has 22 heavy (non-hydrogen) atoms. The Morgan fingerprint density at radius 3 is 2.36 bits per heavy atom. The molecule has 0 aliphatic heterocycles. The number of Topliss-reactive ketones (excluding diaryl/α,β-unsaturated/α-hetero) is 2. The Balaban J connectivity index is 1.73. The number of carbonyl (C=O) groups is 3. The van der Waals surface area contributed by atoms with Gasteiger partial charge in [-0.25, -0.2) is 0 Å². The molecular weight excluding hydrogens is 278 g/mol. The van der Waals surface area contributed by atoms with Crippen molar-refractivity contribution in [1.82, 2.24) is 0 Å². The maximum atomic E-state index is 12.5. The fourth-order valence-electron chi connectivity index (χ4n) is 3.83. The van der Waals surface area contributed by atoms with E-state index < -0.39 is 0 Å². The molecule has 2 aliphatic carbocycles. The third-order valence-corrected chi connectivity index (χ3v) is 4.98. The van der Waals surface area contributed by atoms with Crippen LogP contribution < -0.4 is 5.32 Å². The number of carbonyl (C=O) groups excluding carboxylic acids is 3. The second-order valence-corrected chi connectivity index (χ2v) is 6.49. The monoisotopic (exact) mass is 299 g/mol. The second kappa shape index (κ2) is 6.03. The van der Waals surface area contributed by atoms with E-state index in [0.29, 0.717) is 29.9 Å². The maximum absolute atomic E-state index is 12.5. The van der Waals surface area contributed by atoms with Gasteiger partial charge in [0.1, 0.15) is 5.78 Å². The smallest absolute Gasteiger partial charge is 0.227 e. The normalized spacial score (nSPS) is 27.3. The highest BCUT2D eigenvalue weighted by Gasteiger charge is 2.41. The summed E-state index contributed by atoms with van der Waals surface area (Å²) in [7, 11) is 0. The third kappa shape index (κ3) is 2.82. The lowest BCUT2D eigenvalue weighted by Crippen LogP contribution is -2.40. The molecule has 0 radical (unpaired) electrons. The van der Waals surface area contributed by atoms with E-state index >= 15 is 0 Å². The van der Waals surface area contributed by atoms with Crippen LogP contribution in [-0.4, -0.2) is 17.5 Å². The lowest BCUT2D eigenvalue weighted by Gasteiger charge is -2.37. The van der Waals surface area contributed by atoms with Crippen molar-refractivity contribution >= 4 is 23.2 Å². The van der Waals surface area contributed by atoms with Crippen LogP contribution in [0.2, 0.25) is 0 Å². The van der Waals surface area contributed by atoms with E-state index in [0.717, 1.165) is 19.3 Å². The summed E-state index contributed by atoms with van der Waals surface area (Å²) < 4.78 is 0. The van der Waals surface area contributed by atoms with Gasteiger partial charge < -0.3 is 5.32 Å². The van der Waals surface area contributed by atoms with Crippen LogP contribution in [0.25, 0.3) is 0 Å². The molecule has 2 fully saturated rings. The van der Waals surface area contributed by atoms with Crippen LogP contribution in [0.1, 0.15) is 49.4 Å². The van der Waals surface area contributed by atoms with Gasteiger partial charge in [0, 0.05) is 23.3 Å². The number of anilines is 1. The summed E-state index contributed by atoms with van der Waals surface area (Å²) in [6.07, 6.45) is 4.25. The van der Waals surface area contributed by atoms with E-state index in [2.05, 4.69) is 5.32 Å². The largest absolute Gasteiger partial charge is 0.325 e. The number of benzene rings is 1. The minimum Gasteiger partial charge on any atom is -0.325 e. The van der Waals surface area contributed by atoms with E-state index in [1.54, 1.807) is 24.3 Å². The molecule has 3 rings (SSSR count). The first kappa shape index (κ1) is 14.9. The topological polar surface area (TPSA) is 63.2 Å². The molecule has 0 saturated heterocycles. The lowest BCUT2D eigenvalue weighted by molar-refractivity contribution is -0.136. The molecule has 0 spiro atoms. The van der Waals surface area contributed by atoms with Crippen LogP contribution in [0.5, 0.6) is 0 Å². The number of hydrogen-bond donors (Lipinski definition) is 1. The van der Waals surface area contributed by atoms with Crippen molar-refractivity contribution < 1.29 is 14.4 Å². The molecule has 0 aromatic heterocycles. The van der Waals surface area contributed by atoms with E-state index in [1.807, 2.05) is 0 Å². The summed E-state index contributed by atoms with van der Waals surface area (Å²) in [5.74, 6) is 0.245. The third-order valence-electron chi connectivity index (χ3n) is 4.98. The van der Waals surface area contributed by atoms with Gasteiger partial charge in [0.15, 0.2) is 5.78 Å². The van der Waals surface area contributed by atoms with Crippen LogP contribution in [-0.2, 0) is 9.59 Å². The molecule has 2 unspecified atom stereocenters. The number of para-hydroxylation sites is 1. The van der Waals surface area contributed by atoms with Crippen LogP contribution >= 0.6 is 0 Å². The summed E-state index contributed by atoms with van der Waals surface area (Å²) in [4.78, 5) is 36.3. The van der Waals surface area contributed by atoms with Gasteiger partial charge in [-0.15, -0.1) is 0 Å². The molecule has 1 N–H and O–H groups in total. The summed E-state index contributed by atoms with van der Waals surface area (Å²) in [6, 6.07) is 7.07. The van der Waals surface area contributed by atoms with Crippen molar-refractivity contribution in [3.8, 4) is 0 Å². The van der Waals surface area contributed by atoms with Gasteiger partial charge in [0.05, 0.1) is 5.69 Å². The Kier molecular flexibility index (Phi) is 4.10. The van der Waals surface area contributed by atoms with Gasteiger partial charge in [-0.1, -0.05) is 18.6 Å². The van der Waals surface area contributed by atoms with Gasteiger partial charge in [-0.05, 0) is 44.7 Å². The van der Waals surface area contributed by atoms with Crippen molar-refractivity contribution in [2.45, 2.75) is 39.0 Å². The van der Waals surface area contributed by atoms with E-state index in [4.69, 9.17) is 0 Å². The number of fused-ring (bicyclic) bond motifs is 2. The lowest BCUT2D eigenvalue weighted by atomic mass is 9.67. The Morgan fingerprint density at radius 1 is 1.09 bits per heavy atom. The minimum absolute atomic E-state index is 0.0573. The Morgan fingerprint density at radius 2 is 1.73 bits per heavy atom. The highest BCUT2D eigenvalue weighted by molar-refractivity contribution is 6.04. The first-order valence-electron chi connectivity index (χ1n) is 8.01. The molecule has 2 aliphatic rings. The fraction of sp³-hybridized carbons (Fsp3) is 0.500. The zero-order valence-corrected chi connectivity index (χ0v) is 12.8. The zero-order chi connectivity index (χ0) is 15.7. The molecule has 2 saturated carbocycles. The number of rotatable bonds is 3. The van der Waals surface area contributed by atoms with Crippen molar-refractivity contribution in [3.63, 3.8) is 0 Å². The molecule has 1 aromatic carbocycles. The van der Waals surface area contributed by atoms with Crippen molar-refractivity contribution in [2.75, 3.05) is 5.32 Å². The summed E-state index contributed by atoms with van der Waals surface area (Å²) in [5.41, 5.74) is 1.10. The maximum Gasteiger partial charge on any atom is 0.227 e. The highest BCUT2D eigenvalue weighted by Crippen LogP contribution is 2.40. The number of nitrogens with one attached hydrogen (secondary N) is 1. The summed E-state index contributed by atoms with van der Waals surface area (Å²) in [5, 5.41) is 2.89. The molecule has 116 valence electrons. The number of hydrogen-bond acceptors (Lipinski definition) is 3. The average molecular weight is 299 g/mol. The first-order chi connectivity index (χ1) is 10.6. The van der Waals surface area contributed by atoms with Gasteiger partial charge in [-0.3, -0.25) is 14.4 Å². The highest BCUT2D eigenvalue weighted by atomic mass is 16.2. The quantitative estimate of drug-likeness (QED) is 0.872. The molecule has 1 aromatic rings. The van der Waals surface area contributed by atoms with E-state index in [-0.39, 0.29) is 29.4 Å². The number of amides is 1. The van der Waals surface area contributed by atoms with E-state index in [9.17, 15) is 14.4 Å². The molecule has 0 heterocycles. The predicted molar refractivity (Wildman–Crippen MR) is 83.6 cm³/mol. The fourth-order valence-corrected chi connectivity index (χ4v) is 3.83. The van der Waals surface area contributed by atoms with Gasteiger partial charge in [0.2, 0.25) is 5.91 Å². The van der Waals surface area contributed by atoms with Crippen molar-refractivity contribution in [3.05, 3.63) is 29.8 Å². The van der Waals surface area contributed by atoms with E-state index in [1.165, 1.54) is 6.92 Å². The second-order valence-electron chi connectivity index (χ2n) is 6.49. The van der Waals surface area contributed by atoms with Crippen LogP contribution in [0.3, 0.4) is 0 Å². The standard InChI is InChI=1S/C18H21NO3/c1-11(20)15-7-2-3-8-16(15)19-18(22)14-9-12-5-4-6-13(10-14)17(12)21/h2-3,7-8,12-14H,4-6,9-10H2,1H3,(H,19,22). The molecule has 4 heteroatoms. The molecule has 4 nitrogen and oxygen atoms in total.